The summed E-state index contributed by atoms with van der Waals surface area (Å²) in [5.41, 5.74) is 2.50. The molecule has 0 radical (unpaired) electrons. The Kier molecular flexibility index (Phi) is 5.86. The van der Waals surface area contributed by atoms with Gasteiger partial charge in [-0.1, -0.05) is 25.1 Å². The molecule has 4 rings (SSSR count). The highest BCUT2D eigenvalue weighted by atomic mass is 32.1. The monoisotopic (exact) mass is 433 g/mol. The molecule has 0 unspecified atom stereocenters. The Labute approximate surface area is 186 Å². The number of ether oxygens (including phenoxy) is 1. The van der Waals surface area contributed by atoms with Crippen LogP contribution in [0.4, 0.5) is 5.69 Å². The quantitative estimate of drug-likeness (QED) is 0.358. The number of aromatic nitrogens is 1. The van der Waals surface area contributed by atoms with Gasteiger partial charge in [-0.2, -0.15) is 0 Å². The fourth-order valence-electron chi connectivity index (χ4n) is 3.72. The van der Waals surface area contributed by atoms with E-state index < -0.39 is 11.8 Å². The van der Waals surface area contributed by atoms with E-state index in [1.165, 1.54) is 4.90 Å². The summed E-state index contributed by atoms with van der Waals surface area (Å²) in [7, 11) is 0. The standard InChI is InChI=1S/C24H23N3O3S/c1-3-13-26-15-16(19-7-5-6-8-21(19)26)14-20-22(28)25-24(31)27(23(20)29)17-9-11-18(12-10-17)30-4-2/h5-12,14-15H,3-4,13H2,1-2H3,(H,25,28,31). The summed E-state index contributed by atoms with van der Waals surface area (Å²) in [5, 5.41) is 3.69. The SMILES string of the molecule is CCCn1cc(C=C2C(=O)NC(=S)N(c3ccc(OCC)cc3)C2=O)c2ccccc21. The van der Waals surface area contributed by atoms with Crippen LogP contribution in [0.1, 0.15) is 25.8 Å². The number of hydrogen-bond donors (Lipinski definition) is 1. The second-order valence-electron chi connectivity index (χ2n) is 7.18. The highest BCUT2D eigenvalue weighted by molar-refractivity contribution is 7.80. The first-order chi connectivity index (χ1) is 15.0. The second-order valence-corrected chi connectivity index (χ2v) is 7.57. The van der Waals surface area contributed by atoms with Crippen LogP contribution in [-0.4, -0.2) is 28.1 Å². The first-order valence-electron chi connectivity index (χ1n) is 10.3. The first kappa shape index (κ1) is 20.8. The summed E-state index contributed by atoms with van der Waals surface area (Å²) in [5.74, 6) is -0.250. The molecule has 2 amide bonds. The molecule has 0 spiro atoms. The maximum atomic E-state index is 13.3. The topological polar surface area (TPSA) is 63.6 Å². The highest BCUT2D eigenvalue weighted by Crippen LogP contribution is 2.27. The fourth-order valence-corrected chi connectivity index (χ4v) is 4.00. The minimum absolute atomic E-state index is 0.0434. The van der Waals surface area contributed by atoms with E-state index in [2.05, 4.69) is 16.8 Å². The molecular weight excluding hydrogens is 410 g/mol. The third-order valence-corrected chi connectivity index (χ3v) is 5.38. The smallest absolute Gasteiger partial charge is 0.270 e. The Bertz CT molecular complexity index is 1190. The van der Waals surface area contributed by atoms with Gasteiger partial charge in [0.2, 0.25) is 0 Å². The molecule has 158 valence electrons. The van der Waals surface area contributed by atoms with Crippen LogP contribution in [0, 0.1) is 0 Å². The zero-order valence-corrected chi connectivity index (χ0v) is 18.2. The van der Waals surface area contributed by atoms with Crippen LogP contribution in [0.5, 0.6) is 5.75 Å². The van der Waals surface area contributed by atoms with Gasteiger partial charge in [0.1, 0.15) is 11.3 Å². The van der Waals surface area contributed by atoms with Gasteiger partial charge < -0.3 is 9.30 Å². The summed E-state index contributed by atoms with van der Waals surface area (Å²) in [6.07, 6.45) is 4.61. The maximum Gasteiger partial charge on any atom is 0.270 e. The van der Waals surface area contributed by atoms with E-state index in [0.29, 0.717) is 18.0 Å². The number of rotatable bonds is 6. The molecule has 6 nitrogen and oxygen atoms in total. The second kappa shape index (κ2) is 8.73. The number of hydrogen-bond acceptors (Lipinski definition) is 4. The van der Waals surface area contributed by atoms with Gasteiger partial charge in [0.05, 0.1) is 12.3 Å². The largest absolute Gasteiger partial charge is 0.494 e. The Morgan fingerprint density at radius 1 is 1.06 bits per heavy atom. The fraction of sp³-hybridized carbons (Fsp3) is 0.208. The number of anilines is 1. The number of carbonyl (C=O) groups excluding carboxylic acids is 2. The molecule has 0 atom stereocenters. The van der Waals surface area contributed by atoms with Crippen LogP contribution in [0.2, 0.25) is 0 Å². The lowest BCUT2D eigenvalue weighted by Crippen LogP contribution is -2.54. The van der Waals surface area contributed by atoms with E-state index >= 15 is 0 Å². The van der Waals surface area contributed by atoms with Crippen molar-refractivity contribution in [1.82, 2.24) is 9.88 Å². The zero-order chi connectivity index (χ0) is 22.0. The van der Waals surface area contributed by atoms with Gasteiger partial charge >= 0.3 is 0 Å². The van der Waals surface area contributed by atoms with Gasteiger partial charge in [-0.3, -0.25) is 19.8 Å². The van der Waals surface area contributed by atoms with Crippen LogP contribution in [0.15, 0.2) is 60.3 Å². The number of nitrogens with one attached hydrogen (secondary N) is 1. The Morgan fingerprint density at radius 2 is 1.81 bits per heavy atom. The van der Waals surface area contributed by atoms with Crippen LogP contribution < -0.4 is 15.0 Å². The Balaban J connectivity index is 1.74. The van der Waals surface area contributed by atoms with Gasteiger partial charge in [-0.25, -0.2) is 0 Å². The van der Waals surface area contributed by atoms with Crippen molar-refractivity contribution in [2.24, 2.45) is 0 Å². The molecule has 2 heterocycles. The molecule has 1 N–H and O–H groups in total. The van der Waals surface area contributed by atoms with Gasteiger partial charge in [-0.05, 0) is 62.0 Å². The van der Waals surface area contributed by atoms with E-state index in [1.807, 2.05) is 37.4 Å². The van der Waals surface area contributed by atoms with Crippen LogP contribution in [0.25, 0.3) is 17.0 Å². The van der Waals surface area contributed by atoms with Crippen molar-refractivity contribution >= 4 is 51.8 Å². The third kappa shape index (κ3) is 3.96. The number of fused-ring (bicyclic) bond motifs is 1. The predicted octanol–water partition coefficient (Wildman–Crippen LogP) is 4.28. The summed E-state index contributed by atoms with van der Waals surface area (Å²) in [4.78, 5) is 27.3. The molecule has 1 fully saturated rings. The Morgan fingerprint density at radius 3 is 2.52 bits per heavy atom. The van der Waals surface area contributed by atoms with Gasteiger partial charge in [0, 0.05) is 29.2 Å². The average molecular weight is 434 g/mol. The van der Waals surface area contributed by atoms with Crippen molar-refractivity contribution in [2.45, 2.75) is 26.8 Å². The Hall–Kier alpha value is -3.45. The average Bonchev–Trinajstić information content (AvgIpc) is 3.10. The summed E-state index contributed by atoms with van der Waals surface area (Å²) < 4.78 is 7.60. The molecular formula is C24H23N3O3S. The molecule has 1 aliphatic heterocycles. The van der Waals surface area contributed by atoms with Crippen molar-refractivity contribution in [3.05, 3.63) is 65.9 Å². The normalized spacial score (nSPS) is 15.6. The molecule has 0 saturated carbocycles. The minimum Gasteiger partial charge on any atom is -0.494 e. The van der Waals surface area contributed by atoms with Crippen LogP contribution in [0.3, 0.4) is 0 Å². The lowest BCUT2D eigenvalue weighted by molar-refractivity contribution is -0.122. The third-order valence-electron chi connectivity index (χ3n) is 5.09. The van der Waals surface area contributed by atoms with Crippen molar-refractivity contribution in [1.29, 1.82) is 0 Å². The number of amides is 2. The van der Waals surface area contributed by atoms with Crippen LogP contribution in [-0.2, 0) is 16.1 Å². The van der Waals surface area contributed by atoms with Crippen molar-refractivity contribution < 1.29 is 14.3 Å². The van der Waals surface area contributed by atoms with E-state index in [-0.39, 0.29) is 10.7 Å². The van der Waals surface area contributed by atoms with Crippen LogP contribution >= 0.6 is 12.2 Å². The van der Waals surface area contributed by atoms with Crippen molar-refractivity contribution in [3.63, 3.8) is 0 Å². The molecule has 0 aliphatic carbocycles. The number of benzene rings is 2. The zero-order valence-electron chi connectivity index (χ0n) is 17.4. The minimum atomic E-state index is -0.496. The highest BCUT2D eigenvalue weighted by Gasteiger charge is 2.34. The maximum absolute atomic E-state index is 13.3. The number of carbonyl (C=O) groups is 2. The molecule has 7 heteroatoms. The lowest BCUT2D eigenvalue weighted by Gasteiger charge is -2.29. The molecule has 2 aromatic carbocycles. The molecule has 3 aromatic rings. The molecule has 0 bridgehead atoms. The predicted molar refractivity (Wildman–Crippen MR) is 126 cm³/mol. The van der Waals surface area contributed by atoms with Crippen molar-refractivity contribution in [2.75, 3.05) is 11.5 Å². The van der Waals surface area contributed by atoms with E-state index in [0.717, 1.165) is 29.4 Å². The van der Waals surface area contributed by atoms with Crippen molar-refractivity contribution in [3.8, 4) is 5.75 Å². The number of aryl methyl sites for hydroxylation is 1. The molecule has 31 heavy (non-hydrogen) atoms. The summed E-state index contributed by atoms with van der Waals surface area (Å²) >= 11 is 5.29. The van der Waals surface area contributed by atoms with Gasteiger partial charge in [0.25, 0.3) is 11.8 Å². The van der Waals surface area contributed by atoms with Gasteiger partial charge in [0.15, 0.2) is 5.11 Å². The summed E-state index contributed by atoms with van der Waals surface area (Å²) in [6.45, 7) is 5.42. The number of para-hydroxylation sites is 1. The van der Waals surface area contributed by atoms with Gasteiger partial charge in [-0.15, -0.1) is 0 Å². The van der Waals surface area contributed by atoms with E-state index in [9.17, 15) is 9.59 Å². The molecule has 1 saturated heterocycles. The number of nitrogens with zero attached hydrogens (tertiary/aromatic N) is 2. The molecule has 1 aromatic heterocycles. The van der Waals surface area contributed by atoms with E-state index in [4.69, 9.17) is 17.0 Å². The molecule has 1 aliphatic rings. The lowest BCUT2D eigenvalue weighted by atomic mass is 10.1. The number of thiocarbonyl (C=S) groups is 1. The summed E-state index contributed by atoms with van der Waals surface area (Å²) in [6, 6.07) is 15.0. The first-order valence-corrected chi connectivity index (χ1v) is 10.7. The van der Waals surface area contributed by atoms with E-state index in [1.54, 1.807) is 30.3 Å².